The van der Waals surface area contributed by atoms with E-state index in [0.29, 0.717) is 12.0 Å². The van der Waals surface area contributed by atoms with Crippen LogP contribution in [0.1, 0.15) is 23.0 Å². The Morgan fingerprint density at radius 1 is 1.23 bits per heavy atom. The van der Waals surface area contributed by atoms with Crippen molar-refractivity contribution in [1.82, 2.24) is 10.0 Å². The Bertz CT molecular complexity index is 721. The molecule has 0 aliphatic rings. The first kappa shape index (κ1) is 16.3. The zero-order valence-corrected chi connectivity index (χ0v) is 13.2. The molecule has 0 saturated heterocycles. The summed E-state index contributed by atoms with van der Waals surface area (Å²) in [6, 6.07) is 9.32. The SMILES string of the molecule is CNS(=O)(=O)c1ccc(C(=O)N[C@@H](C)Cc2ccco2)cc1. The smallest absolute Gasteiger partial charge is 0.251 e. The minimum absolute atomic E-state index is 0.0978. The number of carbonyl (C=O) groups excluding carboxylic acids is 1. The Balaban J connectivity index is 2.01. The number of nitrogens with one attached hydrogen (secondary N) is 2. The van der Waals surface area contributed by atoms with Gasteiger partial charge in [-0.1, -0.05) is 0 Å². The van der Waals surface area contributed by atoms with Crippen LogP contribution in [0.3, 0.4) is 0 Å². The maximum atomic E-state index is 12.1. The summed E-state index contributed by atoms with van der Waals surface area (Å²) in [6.45, 7) is 1.88. The number of amides is 1. The lowest BCUT2D eigenvalue weighted by Gasteiger charge is -2.12. The average molecular weight is 322 g/mol. The van der Waals surface area contributed by atoms with Gasteiger partial charge in [-0.3, -0.25) is 4.79 Å². The number of benzene rings is 1. The van der Waals surface area contributed by atoms with Crippen molar-refractivity contribution >= 4 is 15.9 Å². The van der Waals surface area contributed by atoms with E-state index in [2.05, 4.69) is 10.0 Å². The van der Waals surface area contributed by atoms with E-state index in [1.165, 1.54) is 31.3 Å². The monoisotopic (exact) mass is 322 g/mol. The Morgan fingerprint density at radius 2 is 1.91 bits per heavy atom. The predicted octanol–water partition coefficient (Wildman–Crippen LogP) is 1.55. The topological polar surface area (TPSA) is 88.4 Å². The predicted molar refractivity (Wildman–Crippen MR) is 82.0 cm³/mol. The van der Waals surface area contributed by atoms with Gasteiger partial charge in [0.1, 0.15) is 5.76 Å². The van der Waals surface area contributed by atoms with Crippen LogP contribution in [-0.4, -0.2) is 27.4 Å². The van der Waals surface area contributed by atoms with Crippen molar-refractivity contribution in [3.05, 3.63) is 54.0 Å². The number of carbonyl (C=O) groups is 1. The van der Waals surface area contributed by atoms with E-state index in [-0.39, 0.29) is 16.8 Å². The standard InChI is InChI=1S/C15H18N2O4S/c1-11(10-13-4-3-9-21-13)17-15(18)12-5-7-14(8-6-12)22(19,20)16-2/h3-9,11,16H,10H2,1-2H3,(H,17,18)/t11-/m0/s1. The van der Waals surface area contributed by atoms with Crippen molar-refractivity contribution in [2.24, 2.45) is 0 Å². The lowest BCUT2D eigenvalue weighted by molar-refractivity contribution is 0.0939. The summed E-state index contributed by atoms with van der Waals surface area (Å²) in [4.78, 5) is 12.2. The largest absolute Gasteiger partial charge is 0.469 e. The third kappa shape index (κ3) is 3.96. The molecule has 0 unspecified atom stereocenters. The summed E-state index contributed by atoms with van der Waals surface area (Å²) in [5.41, 5.74) is 0.404. The molecule has 0 aliphatic carbocycles. The fraction of sp³-hybridized carbons (Fsp3) is 0.267. The lowest BCUT2D eigenvalue weighted by atomic mass is 10.1. The molecule has 6 nitrogen and oxygen atoms in total. The first-order chi connectivity index (χ1) is 10.4. The molecular formula is C15H18N2O4S. The molecule has 2 rings (SSSR count). The first-order valence-corrected chi connectivity index (χ1v) is 8.27. The van der Waals surface area contributed by atoms with Crippen molar-refractivity contribution in [3.63, 3.8) is 0 Å². The van der Waals surface area contributed by atoms with Gasteiger partial charge in [-0.25, -0.2) is 13.1 Å². The highest BCUT2D eigenvalue weighted by atomic mass is 32.2. The quantitative estimate of drug-likeness (QED) is 0.844. The second kappa shape index (κ2) is 6.76. The second-order valence-corrected chi connectivity index (χ2v) is 6.78. The van der Waals surface area contributed by atoms with Crippen molar-refractivity contribution in [3.8, 4) is 0 Å². The number of furan rings is 1. The van der Waals surface area contributed by atoms with E-state index in [1.807, 2.05) is 13.0 Å². The van der Waals surface area contributed by atoms with Crippen LogP contribution in [0.25, 0.3) is 0 Å². The zero-order valence-electron chi connectivity index (χ0n) is 12.4. The van der Waals surface area contributed by atoms with Crippen molar-refractivity contribution < 1.29 is 17.6 Å². The number of hydrogen-bond donors (Lipinski definition) is 2. The van der Waals surface area contributed by atoms with Crippen LogP contribution >= 0.6 is 0 Å². The number of sulfonamides is 1. The van der Waals surface area contributed by atoms with Gasteiger partial charge in [-0.2, -0.15) is 0 Å². The Morgan fingerprint density at radius 3 is 2.45 bits per heavy atom. The maximum Gasteiger partial charge on any atom is 0.251 e. The highest BCUT2D eigenvalue weighted by Crippen LogP contribution is 2.11. The normalized spacial score (nSPS) is 12.8. The van der Waals surface area contributed by atoms with Gasteiger partial charge in [0.2, 0.25) is 10.0 Å². The van der Waals surface area contributed by atoms with Gasteiger partial charge < -0.3 is 9.73 Å². The molecule has 7 heteroatoms. The maximum absolute atomic E-state index is 12.1. The molecule has 0 aliphatic heterocycles. The summed E-state index contributed by atoms with van der Waals surface area (Å²) in [7, 11) is -2.15. The fourth-order valence-corrected chi connectivity index (χ4v) is 2.72. The van der Waals surface area contributed by atoms with Gasteiger partial charge in [0.25, 0.3) is 5.91 Å². The van der Waals surface area contributed by atoms with Crippen LogP contribution in [-0.2, 0) is 16.4 Å². The Hall–Kier alpha value is -2.12. The van der Waals surface area contributed by atoms with Gasteiger partial charge in [0, 0.05) is 18.0 Å². The molecule has 0 radical (unpaired) electrons. The van der Waals surface area contributed by atoms with Crippen LogP contribution in [0.4, 0.5) is 0 Å². The van der Waals surface area contributed by atoms with Crippen LogP contribution in [0, 0.1) is 0 Å². The molecule has 2 N–H and O–H groups in total. The van der Waals surface area contributed by atoms with Crippen LogP contribution in [0.2, 0.25) is 0 Å². The summed E-state index contributed by atoms with van der Waals surface area (Å²) in [5, 5.41) is 2.84. The number of rotatable bonds is 6. The number of hydrogen-bond acceptors (Lipinski definition) is 4. The van der Waals surface area contributed by atoms with E-state index in [0.717, 1.165) is 5.76 Å². The van der Waals surface area contributed by atoms with Crippen molar-refractivity contribution in [2.45, 2.75) is 24.3 Å². The van der Waals surface area contributed by atoms with E-state index < -0.39 is 10.0 Å². The Kier molecular flexibility index (Phi) is 4.99. The van der Waals surface area contributed by atoms with E-state index in [9.17, 15) is 13.2 Å². The van der Waals surface area contributed by atoms with Crippen molar-refractivity contribution in [2.75, 3.05) is 7.05 Å². The van der Waals surface area contributed by atoms with E-state index in [1.54, 1.807) is 12.3 Å². The molecular weight excluding hydrogens is 304 g/mol. The third-order valence-corrected chi connectivity index (χ3v) is 4.59. The molecule has 0 spiro atoms. The molecule has 1 heterocycles. The molecule has 0 bridgehead atoms. The molecule has 1 atom stereocenters. The van der Waals surface area contributed by atoms with E-state index >= 15 is 0 Å². The minimum atomic E-state index is -3.49. The zero-order chi connectivity index (χ0) is 16.2. The van der Waals surface area contributed by atoms with Gasteiger partial charge in [-0.15, -0.1) is 0 Å². The summed E-state index contributed by atoms with van der Waals surface area (Å²) < 4.78 is 30.7. The minimum Gasteiger partial charge on any atom is -0.469 e. The van der Waals surface area contributed by atoms with Crippen molar-refractivity contribution in [1.29, 1.82) is 0 Å². The molecule has 0 saturated carbocycles. The molecule has 1 amide bonds. The van der Waals surface area contributed by atoms with Gasteiger partial charge in [0.05, 0.1) is 11.2 Å². The fourth-order valence-electron chi connectivity index (χ4n) is 1.99. The average Bonchev–Trinajstić information content (AvgIpc) is 3.00. The molecule has 0 fully saturated rings. The second-order valence-electron chi connectivity index (χ2n) is 4.89. The van der Waals surface area contributed by atoms with E-state index in [4.69, 9.17) is 4.42 Å². The molecule has 2 aromatic rings. The van der Waals surface area contributed by atoms with Crippen LogP contribution in [0.15, 0.2) is 52.0 Å². The van der Waals surface area contributed by atoms with Gasteiger partial charge in [0.15, 0.2) is 0 Å². The van der Waals surface area contributed by atoms with Crippen LogP contribution < -0.4 is 10.0 Å². The van der Waals surface area contributed by atoms with Gasteiger partial charge in [-0.05, 0) is 50.4 Å². The highest BCUT2D eigenvalue weighted by molar-refractivity contribution is 7.89. The molecule has 22 heavy (non-hydrogen) atoms. The summed E-state index contributed by atoms with van der Waals surface area (Å²) >= 11 is 0. The summed E-state index contributed by atoms with van der Waals surface area (Å²) in [5.74, 6) is 0.538. The first-order valence-electron chi connectivity index (χ1n) is 6.79. The summed E-state index contributed by atoms with van der Waals surface area (Å²) in [6.07, 6.45) is 2.18. The lowest BCUT2D eigenvalue weighted by Crippen LogP contribution is -2.34. The highest BCUT2D eigenvalue weighted by Gasteiger charge is 2.14. The Labute approximate surface area is 129 Å². The molecule has 1 aromatic heterocycles. The van der Waals surface area contributed by atoms with Crippen LogP contribution in [0.5, 0.6) is 0 Å². The molecule has 1 aromatic carbocycles. The third-order valence-electron chi connectivity index (χ3n) is 3.16. The van der Waals surface area contributed by atoms with Gasteiger partial charge >= 0.3 is 0 Å². The molecule has 118 valence electrons.